The largest absolute Gasteiger partial charge is 0.459 e. The van der Waals surface area contributed by atoms with Gasteiger partial charge < -0.3 is 9.32 Å². The highest BCUT2D eigenvalue weighted by atomic mass is 16.3. The summed E-state index contributed by atoms with van der Waals surface area (Å²) in [6.07, 6.45) is 2.59. The van der Waals surface area contributed by atoms with E-state index in [1.165, 1.54) is 6.26 Å². The first-order valence-corrected chi connectivity index (χ1v) is 9.80. The minimum atomic E-state index is -0.0393. The molecule has 3 heterocycles. The van der Waals surface area contributed by atoms with Crippen molar-refractivity contribution >= 4 is 5.91 Å². The summed E-state index contributed by atoms with van der Waals surface area (Å²) < 4.78 is 7.20. The van der Waals surface area contributed by atoms with Crippen LogP contribution in [0.1, 0.15) is 56.5 Å². The van der Waals surface area contributed by atoms with E-state index in [4.69, 9.17) is 4.42 Å². The number of hydrogen-bond acceptors (Lipinski definition) is 6. The molecule has 8 nitrogen and oxygen atoms in total. The lowest BCUT2D eigenvalue weighted by Gasteiger charge is -2.40. The molecule has 1 amide bonds. The van der Waals surface area contributed by atoms with Crippen LogP contribution >= 0.6 is 0 Å². The van der Waals surface area contributed by atoms with Gasteiger partial charge >= 0.3 is 0 Å². The lowest BCUT2D eigenvalue weighted by Crippen LogP contribution is -2.50. The average molecular weight is 374 g/mol. The summed E-state index contributed by atoms with van der Waals surface area (Å²) in [5, 5.41) is 12.5. The van der Waals surface area contributed by atoms with Gasteiger partial charge in [-0.3, -0.25) is 9.69 Å². The van der Waals surface area contributed by atoms with E-state index < -0.39 is 0 Å². The van der Waals surface area contributed by atoms with E-state index in [0.717, 1.165) is 31.9 Å². The van der Waals surface area contributed by atoms with Crippen molar-refractivity contribution in [3.05, 3.63) is 30.0 Å². The zero-order valence-corrected chi connectivity index (χ0v) is 16.7. The van der Waals surface area contributed by atoms with Crippen molar-refractivity contribution in [3.63, 3.8) is 0 Å². The Morgan fingerprint density at radius 1 is 1.19 bits per heavy atom. The molecule has 0 radical (unpaired) electrons. The van der Waals surface area contributed by atoms with Crippen LogP contribution in [0.15, 0.2) is 22.8 Å². The highest BCUT2D eigenvalue weighted by Gasteiger charge is 2.33. The van der Waals surface area contributed by atoms with Crippen LogP contribution in [0.4, 0.5) is 0 Å². The maximum absolute atomic E-state index is 12.5. The first-order valence-electron chi connectivity index (χ1n) is 9.80. The third kappa shape index (κ3) is 4.55. The van der Waals surface area contributed by atoms with E-state index >= 15 is 0 Å². The number of aromatic nitrogens is 4. The van der Waals surface area contributed by atoms with Crippen LogP contribution in [0.25, 0.3) is 0 Å². The molecule has 0 aromatic carbocycles. The first-order chi connectivity index (χ1) is 13.0. The highest BCUT2D eigenvalue weighted by Crippen LogP contribution is 2.28. The fourth-order valence-electron chi connectivity index (χ4n) is 3.61. The van der Waals surface area contributed by atoms with Gasteiger partial charge in [-0.05, 0) is 40.8 Å². The number of aryl methyl sites for hydroxylation is 1. The Labute approximate surface area is 160 Å². The van der Waals surface area contributed by atoms with E-state index in [9.17, 15) is 4.79 Å². The maximum Gasteiger partial charge on any atom is 0.289 e. The van der Waals surface area contributed by atoms with E-state index in [2.05, 4.69) is 48.1 Å². The predicted octanol–water partition coefficient (Wildman–Crippen LogP) is 2.47. The quantitative estimate of drug-likeness (QED) is 0.741. The fraction of sp³-hybridized carbons (Fsp3) is 0.684. The van der Waals surface area contributed by atoms with Crippen molar-refractivity contribution in [2.45, 2.75) is 46.7 Å². The predicted molar refractivity (Wildman–Crippen MR) is 101 cm³/mol. The first kappa shape index (κ1) is 19.5. The number of furan rings is 1. The van der Waals surface area contributed by atoms with Gasteiger partial charge in [-0.15, -0.1) is 5.10 Å². The molecule has 0 saturated carbocycles. The molecule has 2 aromatic rings. The van der Waals surface area contributed by atoms with Gasteiger partial charge in [0.1, 0.15) is 0 Å². The summed E-state index contributed by atoms with van der Waals surface area (Å²) in [6, 6.07) is 3.61. The molecule has 148 valence electrons. The molecule has 0 aliphatic carbocycles. The Morgan fingerprint density at radius 3 is 2.52 bits per heavy atom. The summed E-state index contributed by atoms with van der Waals surface area (Å²) in [7, 11) is 0. The topological polar surface area (TPSA) is 80.3 Å². The second-order valence-corrected chi connectivity index (χ2v) is 7.94. The van der Waals surface area contributed by atoms with Crippen molar-refractivity contribution in [1.82, 2.24) is 30.0 Å². The molecule has 1 saturated heterocycles. The second-order valence-electron chi connectivity index (χ2n) is 7.94. The number of rotatable bonds is 7. The third-order valence-corrected chi connectivity index (χ3v) is 5.10. The molecule has 1 atom stereocenters. The van der Waals surface area contributed by atoms with E-state index in [1.807, 2.05) is 9.58 Å². The maximum atomic E-state index is 12.5. The van der Waals surface area contributed by atoms with Gasteiger partial charge in [-0.25, -0.2) is 4.68 Å². The molecule has 8 heteroatoms. The molecule has 0 bridgehead atoms. The Morgan fingerprint density at radius 2 is 1.93 bits per heavy atom. The Bertz CT molecular complexity index is 716. The monoisotopic (exact) mass is 374 g/mol. The van der Waals surface area contributed by atoms with Gasteiger partial charge in [0.05, 0.1) is 12.3 Å². The van der Waals surface area contributed by atoms with Gasteiger partial charge in [0.25, 0.3) is 5.91 Å². The zero-order chi connectivity index (χ0) is 19.4. The number of tetrazole rings is 1. The van der Waals surface area contributed by atoms with E-state index in [-0.39, 0.29) is 11.9 Å². The Hall–Kier alpha value is -2.22. The van der Waals surface area contributed by atoms with Gasteiger partial charge in [0.2, 0.25) is 0 Å². The van der Waals surface area contributed by atoms with Crippen molar-refractivity contribution in [3.8, 4) is 0 Å². The molecular formula is C19H30N6O2. The molecule has 27 heavy (non-hydrogen) atoms. The summed E-state index contributed by atoms with van der Waals surface area (Å²) in [4.78, 5) is 16.7. The summed E-state index contributed by atoms with van der Waals surface area (Å²) in [5.74, 6) is 2.28. The molecule has 1 aliphatic heterocycles. The number of carbonyl (C=O) groups excluding carboxylic acids is 1. The number of amides is 1. The average Bonchev–Trinajstić information content (AvgIpc) is 3.32. The Kier molecular flexibility index (Phi) is 6.26. The Balaban J connectivity index is 1.67. The molecule has 1 aliphatic rings. The smallest absolute Gasteiger partial charge is 0.289 e. The SMILES string of the molecule is CC(C)CCn1nnnc1[C@H](C(C)C)N1CCN(C(=O)c2ccco2)CC1. The second kappa shape index (κ2) is 8.65. The summed E-state index contributed by atoms with van der Waals surface area (Å²) >= 11 is 0. The number of nitrogens with zero attached hydrogens (tertiary/aromatic N) is 6. The fourth-order valence-corrected chi connectivity index (χ4v) is 3.61. The van der Waals surface area contributed by atoms with Crippen LogP contribution in [-0.2, 0) is 6.54 Å². The van der Waals surface area contributed by atoms with Crippen LogP contribution in [0.3, 0.4) is 0 Å². The minimum absolute atomic E-state index is 0.0393. The molecule has 1 fully saturated rings. The molecule has 0 spiro atoms. The van der Waals surface area contributed by atoms with Crippen molar-refractivity contribution in [2.75, 3.05) is 26.2 Å². The van der Waals surface area contributed by atoms with Crippen LogP contribution in [0.2, 0.25) is 0 Å². The van der Waals surface area contributed by atoms with Gasteiger partial charge in [-0.1, -0.05) is 27.7 Å². The van der Waals surface area contributed by atoms with Crippen molar-refractivity contribution < 1.29 is 9.21 Å². The lowest BCUT2D eigenvalue weighted by atomic mass is 10.0. The van der Waals surface area contributed by atoms with E-state index in [1.54, 1.807) is 12.1 Å². The summed E-state index contributed by atoms with van der Waals surface area (Å²) in [6.45, 7) is 12.6. The normalized spacial score (nSPS) is 17.0. The molecule has 0 N–H and O–H groups in total. The minimum Gasteiger partial charge on any atom is -0.459 e. The van der Waals surface area contributed by atoms with Crippen LogP contribution in [-0.4, -0.2) is 62.1 Å². The number of carbonyl (C=O) groups is 1. The highest BCUT2D eigenvalue weighted by molar-refractivity contribution is 5.91. The van der Waals surface area contributed by atoms with Crippen LogP contribution in [0, 0.1) is 11.8 Å². The van der Waals surface area contributed by atoms with Gasteiger partial charge in [0, 0.05) is 32.7 Å². The van der Waals surface area contributed by atoms with Crippen LogP contribution in [0.5, 0.6) is 0 Å². The lowest BCUT2D eigenvalue weighted by molar-refractivity contribution is 0.0463. The van der Waals surface area contributed by atoms with Crippen molar-refractivity contribution in [1.29, 1.82) is 0 Å². The van der Waals surface area contributed by atoms with E-state index in [0.29, 0.717) is 30.7 Å². The molecule has 3 rings (SSSR count). The summed E-state index contributed by atoms with van der Waals surface area (Å²) in [5.41, 5.74) is 0. The molecular weight excluding hydrogens is 344 g/mol. The third-order valence-electron chi connectivity index (χ3n) is 5.10. The molecule has 2 aromatic heterocycles. The number of piperazine rings is 1. The van der Waals surface area contributed by atoms with Crippen molar-refractivity contribution in [2.24, 2.45) is 11.8 Å². The standard InChI is InChI=1S/C19H30N6O2/c1-14(2)7-8-25-18(20-21-22-25)17(15(3)4)23-9-11-24(12-10-23)19(26)16-6-5-13-27-16/h5-6,13-15,17H,7-12H2,1-4H3/t17-/m0/s1. The van der Waals surface area contributed by atoms with Crippen LogP contribution < -0.4 is 0 Å². The number of hydrogen-bond donors (Lipinski definition) is 0. The van der Waals surface area contributed by atoms with Gasteiger partial charge in [-0.2, -0.15) is 0 Å². The zero-order valence-electron chi connectivity index (χ0n) is 16.7. The molecule has 0 unspecified atom stereocenters. The van der Waals surface area contributed by atoms with Gasteiger partial charge in [0.15, 0.2) is 11.6 Å².